The van der Waals surface area contributed by atoms with E-state index in [9.17, 15) is 4.79 Å². The lowest BCUT2D eigenvalue weighted by atomic mass is 9.79. The van der Waals surface area contributed by atoms with E-state index in [1.807, 2.05) is 4.90 Å². The van der Waals surface area contributed by atoms with Crippen molar-refractivity contribution >= 4 is 5.91 Å². The van der Waals surface area contributed by atoms with Gasteiger partial charge in [-0.1, -0.05) is 0 Å². The molecule has 1 unspecified atom stereocenters. The largest absolute Gasteiger partial charge is 0.368 e. The monoisotopic (exact) mass is 210 g/mol. The lowest BCUT2D eigenvalue weighted by Gasteiger charge is -2.48. The Bertz CT molecular complexity index is 260. The molecule has 3 heterocycles. The molecule has 0 bridgehead atoms. The molecule has 3 fully saturated rings. The van der Waals surface area contributed by atoms with Crippen LogP contribution < -0.4 is 5.32 Å². The number of ether oxygens (including phenoxy) is 1. The highest BCUT2D eigenvalue weighted by molar-refractivity contribution is 5.82. The second-order valence-corrected chi connectivity index (χ2v) is 5.12. The van der Waals surface area contributed by atoms with Crippen LogP contribution in [0.1, 0.15) is 19.3 Å². The van der Waals surface area contributed by atoms with Crippen LogP contribution in [0.4, 0.5) is 0 Å². The molecule has 3 saturated heterocycles. The lowest BCUT2D eigenvalue weighted by Crippen LogP contribution is -2.61. The Morgan fingerprint density at radius 1 is 1.47 bits per heavy atom. The summed E-state index contributed by atoms with van der Waals surface area (Å²) >= 11 is 0. The van der Waals surface area contributed by atoms with Crippen LogP contribution in [0.2, 0.25) is 0 Å². The second kappa shape index (κ2) is 3.46. The SMILES string of the molecule is O=C(C1CCCO1)N1CC2(CCNC2)C1. The van der Waals surface area contributed by atoms with E-state index in [4.69, 9.17) is 4.74 Å². The maximum Gasteiger partial charge on any atom is 0.251 e. The number of rotatable bonds is 1. The molecule has 0 saturated carbocycles. The Kier molecular flexibility index (Phi) is 2.21. The van der Waals surface area contributed by atoms with Gasteiger partial charge in [0.2, 0.25) is 0 Å². The van der Waals surface area contributed by atoms with Gasteiger partial charge in [0.1, 0.15) is 6.10 Å². The predicted octanol–water partition coefficient (Wildman–Crippen LogP) is -0.0127. The number of hydrogen-bond donors (Lipinski definition) is 1. The summed E-state index contributed by atoms with van der Waals surface area (Å²) in [4.78, 5) is 13.9. The van der Waals surface area contributed by atoms with Gasteiger partial charge in [0.15, 0.2) is 0 Å². The molecule has 3 aliphatic heterocycles. The minimum absolute atomic E-state index is 0.128. The van der Waals surface area contributed by atoms with Crippen molar-refractivity contribution in [2.24, 2.45) is 5.41 Å². The fourth-order valence-electron chi connectivity index (χ4n) is 2.96. The van der Waals surface area contributed by atoms with Crippen molar-refractivity contribution in [3.05, 3.63) is 0 Å². The van der Waals surface area contributed by atoms with E-state index < -0.39 is 0 Å². The summed E-state index contributed by atoms with van der Waals surface area (Å²) < 4.78 is 5.42. The first-order valence-electron chi connectivity index (χ1n) is 5.90. The van der Waals surface area contributed by atoms with Gasteiger partial charge in [0, 0.05) is 31.7 Å². The van der Waals surface area contributed by atoms with Crippen molar-refractivity contribution in [2.75, 3.05) is 32.8 Å². The third-order valence-corrected chi connectivity index (χ3v) is 3.90. The van der Waals surface area contributed by atoms with Crippen molar-refractivity contribution in [3.63, 3.8) is 0 Å². The van der Waals surface area contributed by atoms with Gasteiger partial charge in [-0.2, -0.15) is 0 Å². The van der Waals surface area contributed by atoms with E-state index in [1.54, 1.807) is 0 Å². The fraction of sp³-hybridized carbons (Fsp3) is 0.909. The molecule has 4 nitrogen and oxygen atoms in total. The van der Waals surface area contributed by atoms with E-state index in [0.29, 0.717) is 5.41 Å². The Morgan fingerprint density at radius 3 is 2.93 bits per heavy atom. The van der Waals surface area contributed by atoms with Gasteiger partial charge in [-0.25, -0.2) is 0 Å². The van der Waals surface area contributed by atoms with Crippen LogP contribution in [0.15, 0.2) is 0 Å². The maximum absolute atomic E-state index is 11.9. The van der Waals surface area contributed by atoms with Gasteiger partial charge in [-0.15, -0.1) is 0 Å². The zero-order chi connectivity index (χ0) is 10.3. The number of likely N-dealkylation sites (tertiary alicyclic amines) is 1. The van der Waals surface area contributed by atoms with E-state index in [-0.39, 0.29) is 12.0 Å². The highest BCUT2D eigenvalue weighted by Gasteiger charge is 2.48. The van der Waals surface area contributed by atoms with E-state index in [0.717, 1.165) is 45.6 Å². The standard InChI is InChI=1S/C11H18N2O2/c14-10(9-2-1-5-15-9)13-7-11(8-13)3-4-12-6-11/h9,12H,1-8H2. The van der Waals surface area contributed by atoms with Crippen molar-refractivity contribution in [1.82, 2.24) is 10.2 Å². The number of nitrogens with zero attached hydrogens (tertiary/aromatic N) is 1. The van der Waals surface area contributed by atoms with Gasteiger partial charge < -0.3 is 15.0 Å². The second-order valence-electron chi connectivity index (χ2n) is 5.12. The fourth-order valence-corrected chi connectivity index (χ4v) is 2.96. The molecule has 1 amide bonds. The highest BCUT2D eigenvalue weighted by Crippen LogP contribution is 2.36. The molecule has 84 valence electrons. The normalized spacial score (nSPS) is 33.3. The van der Waals surface area contributed by atoms with Gasteiger partial charge in [0.05, 0.1) is 0 Å². The van der Waals surface area contributed by atoms with E-state index in [1.165, 1.54) is 6.42 Å². The summed E-state index contributed by atoms with van der Waals surface area (Å²) in [6.45, 7) is 4.85. The molecule has 0 aromatic heterocycles. The quantitative estimate of drug-likeness (QED) is 0.661. The number of carbonyl (C=O) groups is 1. The highest BCUT2D eigenvalue weighted by atomic mass is 16.5. The molecule has 1 N–H and O–H groups in total. The van der Waals surface area contributed by atoms with Crippen molar-refractivity contribution in [2.45, 2.75) is 25.4 Å². The predicted molar refractivity (Wildman–Crippen MR) is 55.5 cm³/mol. The summed E-state index contributed by atoms with van der Waals surface area (Å²) in [5, 5.41) is 3.37. The first-order valence-corrected chi connectivity index (χ1v) is 5.90. The molecule has 3 aliphatic rings. The molecule has 0 aromatic rings. The van der Waals surface area contributed by atoms with Crippen LogP contribution in [0.25, 0.3) is 0 Å². The van der Waals surface area contributed by atoms with Gasteiger partial charge in [-0.3, -0.25) is 4.79 Å². The van der Waals surface area contributed by atoms with Gasteiger partial charge >= 0.3 is 0 Å². The first kappa shape index (κ1) is 9.60. The average Bonchev–Trinajstić information content (AvgIpc) is 2.85. The minimum Gasteiger partial charge on any atom is -0.368 e. The average molecular weight is 210 g/mol. The third-order valence-electron chi connectivity index (χ3n) is 3.90. The number of carbonyl (C=O) groups excluding carboxylic acids is 1. The maximum atomic E-state index is 11.9. The molecular formula is C11H18N2O2. The molecule has 0 radical (unpaired) electrons. The lowest BCUT2D eigenvalue weighted by molar-refractivity contribution is -0.152. The summed E-state index contributed by atoms with van der Waals surface area (Å²) in [7, 11) is 0. The number of amides is 1. The molecule has 0 aromatic carbocycles. The van der Waals surface area contributed by atoms with Crippen LogP contribution in [-0.4, -0.2) is 49.7 Å². The molecular weight excluding hydrogens is 192 g/mol. The van der Waals surface area contributed by atoms with Crippen LogP contribution in [-0.2, 0) is 9.53 Å². The van der Waals surface area contributed by atoms with Crippen LogP contribution in [0, 0.1) is 5.41 Å². The van der Waals surface area contributed by atoms with Crippen molar-refractivity contribution in [3.8, 4) is 0 Å². The topological polar surface area (TPSA) is 41.6 Å². The summed E-state index contributed by atoms with van der Waals surface area (Å²) in [6, 6.07) is 0. The molecule has 4 heteroatoms. The molecule has 1 spiro atoms. The summed E-state index contributed by atoms with van der Waals surface area (Å²) in [5.74, 6) is 0.227. The Morgan fingerprint density at radius 2 is 2.33 bits per heavy atom. The van der Waals surface area contributed by atoms with E-state index >= 15 is 0 Å². The molecule has 15 heavy (non-hydrogen) atoms. The third kappa shape index (κ3) is 1.56. The Hall–Kier alpha value is -0.610. The smallest absolute Gasteiger partial charge is 0.251 e. The van der Waals surface area contributed by atoms with Crippen LogP contribution >= 0.6 is 0 Å². The zero-order valence-corrected chi connectivity index (χ0v) is 9.00. The van der Waals surface area contributed by atoms with Crippen LogP contribution in [0.5, 0.6) is 0 Å². The summed E-state index contributed by atoms with van der Waals surface area (Å²) in [5.41, 5.74) is 0.411. The van der Waals surface area contributed by atoms with Gasteiger partial charge in [0.25, 0.3) is 5.91 Å². The minimum atomic E-state index is -0.128. The van der Waals surface area contributed by atoms with Crippen molar-refractivity contribution < 1.29 is 9.53 Å². The summed E-state index contributed by atoms with van der Waals surface area (Å²) in [6.07, 6.45) is 3.05. The first-order chi connectivity index (χ1) is 7.29. The van der Waals surface area contributed by atoms with E-state index in [2.05, 4.69) is 5.32 Å². The number of nitrogens with one attached hydrogen (secondary N) is 1. The van der Waals surface area contributed by atoms with Gasteiger partial charge in [-0.05, 0) is 25.8 Å². The Labute approximate surface area is 90.0 Å². The van der Waals surface area contributed by atoms with Crippen LogP contribution in [0.3, 0.4) is 0 Å². The molecule has 0 aliphatic carbocycles. The molecule has 1 atom stereocenters. The Balaban J connectivity index is 1.55. The molecule has 3 rings (SSSR count). The van der Waals surface area contributed by atoms with Crippen molar-refractivity contribution in [1.29, 1.82) is 0 Å². The zero-order valence-electron chi connectivity index (χ0n) is 9.00. The number of hydrogen-bond acceptors (Lipinski definition) is 3.